The zero-order valence-corrected chi connectivity index (χ0v) is 16.7. The van der Waals surface area contributed by atoms with E-state index in [1.54, 1.807) is 39.9 Å². The van der Waals surface area contributed by atoms with E-state index in [1.807, 2.05) is 24.3 Å². The molecule has 0 saturated carbocycles. The van der Waals surface area contributed by atoms with E-state index in [-0.39, 0.29) is 11.7 Å². The number of carbonyl (C=O) groups is 1. The van der Waals surface area contributed by atoms with Crippen molar-refractivity contribution in [3.05, 3.63) is 76.6 Å². The van der Waals surface area contributed by atoms with Crippen LogP contribution in [0.5, 0.6) is 5.75 Å². The number of para-hydroxylation sites is 1. The molecule has 0 unspecified atom stereocenters. The van der Waals surface area contributed by atoms with Crippen LogP contribution in [0, 0.1) is 0 Å². The summed E-state index contributed by atoms with van der Waals surface area (Å²) in [5, 5.41) is 0. The summed E-state index contributed by atoms with van der Waals surface area (Å²) in [6.45, 7) is 0.501. The Morgan fingerprint density at radius 1 is 1.19 bits per heavy atom. The number of aromatic nitrogens is 6. The van der Waals surface area contributed by atoms with Gasteiger partial charge in [-0.25, -0.2) is 14.8 Å². The predicted molar refractivity (Wildman–Crippen MR) is 116 cm³/mol. The molecular formula is C22H17N7O3. The second-order valence-corrected chi connectivity index (χ2v) is 7.58. The van der Waals surface area contributed by atoms with Gasteiger partial charge in [-0.2, -0.15) is 4.98 Å². The maximum Gasteiger partial charge on any atom is 0.328 e. The highest BCUT2D eigenvalue weighted by Crippen LogP contribution is 2.35. The number of H-pyrrole nitrogens is 1. The largest absolute Gasteiger partial charge is 0.493 e. The third-order valence-corrected chi connectivity index (χ3v) is 5.73. The molecule has 1 atom stereocenters. The molecule has 3 N–H and O–H groups in total. The molecular weight excluding hydrogens is 410 g/mol. The molecule has 1 amide bonds. The fourth-order valence-corrected chi connectivity index (χ4v) is 4.22. The number of carbonyl (C=O) groups excluding carboxylic acids is 1. The minimum Gasteiger partial charge on any atom is -0.493 e. The Kier molecular flexibility index (Phi) is 3.88. The smallest absolute Gasteiger partial charge is 0.328 e. The summed E-state index contributed by atoms with van der Waals surface area (Å²) < 4.78 is 9.07. The highest BCUT2D eigenvalue weighted by Gasteiger charge is 2.27. The van der Waals surface area contributed by atoms with Crippen LogP contribution in [0.3, 0.4) is 0 Å². The molecule has 0 aliphatic carbocycles. The molecule has 4 heterocycles. The summed E-state index contributed by atoms with van der Waals surface area (Å²) in [5.74, 6) is 0.558. The number of hydrogen-bond donors (Lipinski definition) is 2. The molecule has 1 aliphatic heterocycles. The number of nitrogens with zero attached hydrogens (tertiary/aromatic N) is 5. The lowest BCUT2D eigenvalue weighted by Gasteiger charge is -2.26. The Hall–Kier alpha value is -4.47. The third-order valence-electron chi connectivity index (χ3n) is 5.73. The molecule has 0 fully saturated rings. The molecule has 10 nitrogen and oxygen atoms in total. The highest BCUT2D eigenvalue weighted by atomic mass is 16.5. The molecule has 6 rings (SSSR count). The Bertz CT molecular complexity index is 1580. The molecule has 158 valence electrons. The van der Waals surface area contributed by atoms with Gasteiger partial charge in [0, 0.05) is 17.5 Å². The fraction of sp³-hybridized carbons (Fsp3) is 0.136. The average molecular weight is 427 g/mol. The van der Waals surface area contributed by atoms with E-state index >= 15 is 0 Å². The van der Waals surface area contributed by atoms with Crippen LogP contribution in [0.25, 0.3) is 28.1 Å². The lowest BCUT2D eigenvalue weighted by Crippen LogP contribution is -2.28. The van der Waals surface area contributed by atoms with Gasteiger partial charge in [0.1, 0.15) is 17.6 Å². The van der Waals surface area contributed by atoms with E-state index < -0.39 is 5.91 Å². The van der Waals surface area contributed by atoms with Crippen LogP contribution < -0.4 is 16.2 Å². The van der Waals surface area contributed by atoms with Crippen molar-refractivity contribution in [2.45, 2.75) is 12.5 Å². The second kappa shape index (κ2) is 6.77. The van der Waals surface area contributed by atoms with E-state index in [0.29, 0.717) is 46.7 Å². The highest BCUT2D eigenvalue weighted by molar-refractivity contribution is 5.96. The minimum absolute atomic E-state index is 0.218. The van der Waals surface area contributed by atoms with Crippen molar-refractivity contribution in [1.82, 2.24) is 29.1 Å². The number of nitrogens with two attached hydrogens (primary N) is 1. The number of fused-ring (bicyclic) bond motifs is 3. The normalized spacial score (nSPS) is 15.6. The Balaban J connectivity index is 1.54. The number of imidazole rings is 2. The summed E-state index contributed by atoms with van der Waals surface area (Å²) in [5.41, 5.74) is 8.78. The summed E-state index contributed by atoms with van der Waals surface area (Å²) in [4.78, 5) is 40.8. The Labute approximate surface area is 180 Å². The van der Waals surface area contributed by atoms with E-state index in [0.717, 1.165) is 11.3 Å². The first-order valence-corrected chi connectivity index (χ1v) is 10.1. The van der Waals surface area contributed by atoms with Crippen molar-refractivity contribution in [2.75, 3.05) is 6.61 Å². The quantitative estimate of drug-likeness (QED) is 0.452. The minimum atomic E-state index is -0.534. The lowest BCUT2D eigenvalue weighted by atomic mass is 10.0. The van der Waals surface area contributed by atoms with Gasteiger partial charge in [0.2, 0.25) is 11.9 Å². The number of amides is 1. The zero-order valence-electron chi connectivity index (χ0n) is 16.7. The van der Waals surface area contributed by atoms with E-state index in [4.69, 9.17) is 15.5 Å². The molecule has 10 heteroatoms. The molecule has 0 spiro atoms. The summed E-state index contributed by atoms with van der Waals surface area (Å²) >= 11 is 0. The van der Waals surface area contributed by atoms with E-state index in [9.17, 15) is 9.59 Å². The maximum absolute atomic E-state index is 12.9. The zero-order chi connectivity index (χ0) is 21.8. The van der Waals surface area contributed by atoms with Crippen LogP contribution in [-0.4, -0.2) is 41.6 Å². The van der Waals surface area contributed by atoms with Crippen molar-refractivity contribution in [3.8, 4) is 11.7 Å². The first-order valence-electron chi connectivity index (χ1n) is 10.1. The van der Waals surface area contributed by atoms with Gasteiger partial charge in [-0.05, 0) is 24.3 Å². The number of benzene rings is 2. The van der Waals surface area contributed by atoms with Crippen LogP contribution in [0.15, 0.2) is 59.8 Å². The summed E-state index contributed by atoms with van der Waals surface area (Å²) in [6, 6.07) is 12.5. The van der Waals surface area contributed by atoms with E-state index in [1.165, 1.54) is 0 Å². The van der Waals surface area contributed by atoms with Gasteiger partial charge in [-0.3, -0.25) is 13.9 Å². The summed E-state index contributed by atoms with van der Waals surface area (Å²) in [6.07, 6.45) is 3.79. The molecule has 5 aromatic rings. The van der Waals surface area contributed by atoms with Crippen LogP contribution in [0.1, 0.15) is 28.4 Å². The molecule has 3 aromatic heterocycles. The van der Waals surface area contributed by atoms with Crippen molar-refractivity contribution in [3.63, 3.8) is 0 Å². The van der Waals surface area contributed by atoms with Gasteiger partial charge >= 0.3 is 5.69 Å². The SMILES string of the molecule is NC(=O)c1ccc2ncn(-c3ncc4[nH]c(=O)n([C@@H]5CCOc6ccccc65)c4n3)c2c1. The monoisotopic (exact) mass is 427 g/mol. The number of ether oxygens (including phenoxy) is 1. The van der Waals surface area contributed by atoms with Crippen molar-refractivity contribution >= 4 is 28.1 Å². The first kappa shape index (κ1) is 18.3. The van der Waals surface area contributed by atoms with Gasteiger partial charge < -0.3 is 15.5 Å². The van der Waals surface area contributed by atoms with Crippen LogP contribution in [0.4, 0.5) is 0 Å². The fourth-order valence-electron chi connectivity index (χ4n) is 4.22. The maximum atomic E-state index is 12.9. The molecule has 32 heavy (non-hydrogen) atoms. The van der Waals surface area contributed by atoms with Crippen molar-refractivity contribution in [1.29, 1.82) is 0 Å². The van der Waals surface area contributed by atoms with Gasteiger partial charge in [0.15, 0.2) is 5.65 Å². The summed E-state index contributed by atoms with van der Waals surface area (Å²) in [7, 11) is 0. The number of primary amides is 1. The molecule has 0 bridgehead atoms. The number of hydrogen-bond acceptors (Lipinski definition) is 6. The predicted octanol–water partition coefficient (Wildman–Crippen LogP) is 1.93. The second-order valence-electron chi connectivity index (χ2n) is 7.58. The standard InChI is InChI=1S/C22H17N7O3/c23-19(30)12-5-6-14-17(9-12)28(11-25-14)21-24-10-15-20(27-21)29(22(31)26-15)16-7-8-32-18-4-2-1-3-13(16)18/h1-6,9-11,16H,7-8H2,(H2,23,30)(H,26,31)/t16-/m1/s1. The Morgan fingerprint density at radius 3 is 2.94 bits per heavy atom. The van der Waals surface area contributed by atoms with Crippen molar-refractivity contribution in [2.24, 2.45) is 5.73 Å². The topological polar surface area (TPSA) is 134 Å². The Morgan fingerprint density at radius 2 is 2.06 bits per heavy atom. The van der Waals surface area contributed by atoms with E-state index in [2.05, 4.69) is 15.0 Å². The van der Waals surface area contributed by atoms with Crippen molar-refractivity contribution < 1.29 is 9.53 Å². The lowest BCUT2D eigenvalue weighted by molar-refractivity contribution is 0.100. The number of nitrogens with one attached hydrogen (secondary N) is 1. The van der Waals surface area contributed by atoms with Gasteiger partial charge in [0.05, 0.1) is 29.9 Å². The van der Waals surface area contributed by atoms with Crippen LogP contribution in [-0.2, 0) is 0 Å². The molecule has 0 radical (unpaired) electrons. The van der Waals surface area contributed by atoms with Gasteiger partial charge in [-0.15, -0.1) is 0 Å². The first-order chi connectivity index (χ1) is 15.6. The number of rotatable bonds is 3. The van der Waals surface area contributed by atoms with Gasteiger partial charge in [0.25, 0.3) is 0 Å². The third kappa shape index (κ3) is 2.69. The average Bonchev–Trinajstić information content (AvgIpc) is 3.37. The van der Waals surface area contributed by atoms with Gasteiger partial charge in [-0.1, -0.05) is 18.2 Å². The number of aromatic amines is 1. The molecule has 1 aliphatic rings. The van der Waals surface area contributed by atoms with Crippen LogP contribution >= 0.6 is 0 Å². The molecule has 2 aromatic carbocycles. The molecule has 0 saturated heterocycles. The van der Waals surface area contributed by atoms with Crippen LogP contribution in [0.2, 0.25) is 0 Å².